The smallest absolute Gasteiger partial charge is 0.179 e. The third-order valence-corrected chi connectivity index (χ3v) is 16.0. The van der Waals surface area contributed by atoms with E-state index in [9.17, 15) is 8.22 Å². The van der Waals surface area contributed by atoms with Crippen molar-refractivity contribution in [2.45, 2.75) is 0 Å². The second-order valence-electron chi connectivity index (χ2n) is 14.3. The SMILES string of the molecule is [2H]c1c([2H])c([Si](c2ccccc2)(c2ccccc2)c2ccccc2)c([2H])c([2H])c1-n1c2ccccc2c2cc(-n3c4c([2H])c([2H])c([2H])c([2H])c4c4c([2H])c([2H])c([2H])c([2H])c43)c3oc4ccccc4c3c21. The molecule has 58 heavy (non-hydrogen) atoms. The molecule has 0 N–H and O–H groups in total. The highest BCUT2D eigenvalue weighted by molar-refractivity contribution is 7.19. The number of rotatable bonds is 6. The van der Waals surface area contributed by atoms with Gasteiger partial charge in [-0.05, 0) is 63.1 Å². The molecule has 0 atom stereocenters. The zero-order valence-electron chi connectivity index (χ0n) is 42.7. The summed E-state index contributed by atoms with van der Waals surface area (Å²) in [5.74, 6) is 0. The molecule has 0 aliphatic heterocycles. The fourth-order valence-corrected chi connectivity index (χ4v) is 13.4. The normalized spacial score (nSPS) is 15.0. The summed E-state index contributed by atoms with van der Waals surface area (Å²) in [5, 5.41) is 5.06. The maximum atomic E-state index is 10.2. The van der Waals surface area contributed by atoms with Crippen LogP contribution in [0.4, 0.5) is 0 Å². The van der Waals surface area contributed by atoms with E-state index in [2.05, 4.69) is 0 Å². The Kier molecular flexibility index (Phi) is 5.08. The molecule has 4 heteroatoms. The lowest BCUT2D eigenvalue weighted by Crippen LogP contribution is -2.74. The van der Waals surface area contributed by atoms with Crippen LogP contribution in [0.2, 0.25) is 0 Å². The Morgan fingerprint density at radius 1 is 0.414 bits per heavy atom. The summed E-state index contributed by atoms with van der Waals surface area (Å²) >= 11 is 0. The Hall–Kier alpha value is -7.40. The number of para-hydroxylation sites is 4. The first-order chi connectivity index (χ1) is 33.8. The summed E-state index contributed by atoms with van der Waals surface area (Å²) in [6.07, 6.45) is 0. The molecule has 0 spiro atoms. The van der Waals surface area contributed by atoms with Gasteiger partial charge in [0.1, 0.15) is 5.58 Å². The minimum Gasteiger partial charge on any atom is -0.454 e. The van der Waals surface area contributed by atoms with E-state index in [0.29, 0.717) is 43.3 Å². The predicted molar refractivity (Wildman–Crippen MR) is 246 cm³/mol. The molecule has 0 aliphatic rings. The number of aromatic nitrogens is 2. The first-order valence-corrected chi connectivity index (χ1v) is 21.0. The number of benzene rings is 9. The topological polar surface area (TPSA) is 23.0 Å². The third-order valence-electron chi connectivity index (χ3n) is 11.4. The minimum absolute atomic E-state index is 0.00135. The van der Waals surface area contributed by atoms with Gasteiger partial charge in [0.2, 0.25) is 0 Å². The summed E-state index contributed by atoms with van der Waals surface area (Å²) in [5.41, 5.74) is 1.70. The van der Waals surface area contributed by atoms with Crippen LogP contribution in [-0.2, 0) is 0 Å². The average molecular weight is 769 g/mol. The molecule has 3 heterocycles. The maximum Gasteiger partial charge on any atom is 0.179 e. The van der Waals surface area contributed by atoms with Crippen LogP contribution in [0.5, 0.6) is 0 Å². The van der Waals surface area contributed by atoms with Crippen molar-refractivity contribution in [3.8, 4) is 11.4 Å². The molecular formula is C54H36N2OSi. The quantitative estimate of drug-likeness (QED) is 0.122. The summed E-state index contributed by atoms with van der Waals surface area (Å²) in [6, 6.07) is 40.8. The standard InChI is InChI=1S/C54H36N2OSi/c1-4-18-38(19-5-1)58(39-20-6-2-7-21-39,40-22-8-3-9-23-40)41-34-32-37(33-35-41)55-47-28-14-12-26-44(47)46-36-50(54-52(53(46)55)45-27-13-17-31-51(45)57-54)56-48-29-15-10-24-42(48)43-25-11-16-30-49(43)56/h1-36H/i10D,11D,15D,16D,24D,25D,29D,30D,32D,33D,34D,35D. The van der Waals surface area contributed by atoms with Crippen LogP contribution >= 0.6 is 0 Å². The van der Waals surface area contributed by atoms with Crippen LogP contribution < -0.4 is 20.7 Å². The zero-order valence-corrected chi connectivity index (χ0v) is 31.7. The Morgan fingerprint density at radius 2 is 0.931 bits per heavy atom. The number of nitrogens with zero attached hydrogens (tertiary/aromatic N) is 2. The van der Waals surface area contributed by atoms with Crippen LogP contribution in [0.25, 0.3) is 76.9 Å². The Labute approximate surface area is 353 Å². The van der Waals surface area contributed by atoms with Crippen LogP contribution in [0.3, 0.4) is 0 Å². The van der Waals surface area contributed by atoms with Gasteiger partial charge in [0.05, 0.1) is 49.6 Å². The van der Waals surface area contributed by atoms with Crippen LogP contribution in [0, 0.1) is 0 Å². The zero-order chi connectivity index (χ0) is 48.7. The molecule has 0 saturated heterocycles. The van der Waals surface area contributed by atoms with Gasteiger partial charge < -0.3 is 13.6 Å². The molecule has 3 nitrogen and oxygen atoms in total. The molecule has 272 valence electrons. The van der Waals surface area contributed by atoms with Crippen molar-refractivity contribution in [1.29, 1.82) is 0 Å². The van der Waals surface area contributed by atoms with Gasteiger partial charge in [-0.2, -0.15) is 0 Å². The summed E-state index contributed by atoms with van der Waals surface area (Å²) < 4.78 is 122. The lowest BCUT2D eigenvalue weighted by molar-refractivity contribution is 0.666. The Morgan fingerprint density at radius 3 is 1.53 bits per heavy atom. The molecule has 0 saturated carbocycles. The van der Waals surface area contributed by atoms with Gasteiger partial charge >= 0.3 is 0 Å². The lowest BCUT2D eigenvalue weighted by atomic mass is 10.1. The van der Waals surface area contributed by atoms with Crippen molar-refractivity contribution in [3.63, 3.8) is 0 Å². The molecule has 3 aromatic heterocycles. The number of fused-ring (bicyclic) bond motifs is 10. The Balaban J connectivity index is 1.27. The number of hydrogen-bond acceptors (Lipinski definition) is 1. The second kappa shape index (κ2) is 12.8. The molecule has 0 fully saturated rings. The van der Waals surface area contributed by atoms with Crippen molar-refractivity contribution >= 4 is 94.4 Å². The number of hydrogen-bond donors (Lipinski definition) is 0. The van der Waals surface area contributed by atoms with Crippen LogP contribution in [0.15, 0.2) is 223 Å². The Bertz CT molecular complexity index is 4010. The average Bonchev–Trinajstić information content (AvgIpc) is 4.06. The molecule has 0 amide bonds. The fourth-order valence-electron chi connectivity index (χ4n) is 8.98. The number of furan rings is 1. The van der Waals surface area contributed by atoms with Gasteiger partial charge in [-0.3, -0.25) is 0 Å². The van der Waals surface area contributed by atoms with E-state index in [-0.39, 0.29) is 62.9 Å². The molecule has 0 unspecified atom stereocenters. The highest BCUT2D eigenvalue weighted by atomic mass is 28.3. The van der Waals surface area contributed by atoms with Gasteiger partial charge in [-0.1, -0.05) is 176 Å². The molecule has 0 aliphatic carbocycles. The van der Waals surface area contributed by atoms with Gasteiger partial charge in [0.25, 0.3) is 0 Å². The molecule has 12 rings (SSSR count). The fraction of sp³-hybridized carbons (Fsp3) is 0. The van der Waals surface area contributed by atoms with Crippen LogP contribution in [0.1, 0.15) is 16.4 Å². The van der Waals surface area contributed by atoms with E-state index in [4.69, 9.17) is 12.6 Å². The molecule has 12 aromatic rings. The predicted octanol–water partition coefficient (Wildman–Crippen LogP) is 11.2. The molecule has 0 radical (unpaired) electrons. The van der Waals surface area contributed by atoms with E-state index in [1.807, 2.05) is 127 Å². The van der Waals surface area contributed by atoms with Gasteiger partial charge in [-0.25, -0.2) is 0 Å². The highest BCUT2D eigenvalue weighted by Crippen LogP contribution is 2.45. The summed E-state index contributed by atoms with van der Waals surface area (Å²) in [6.45, 7) is 0. The first kappa shape index (κ1) is 23.0. The van der Waals surface area contributed by atoms with E-state index in [1.165, 1.54) is 4.57 Å². The van der Waals surface area contributed by atoms with E-state index >= 15 is 0 Å². The largest absolute Gasteiger partial charge is 0.454 e. The second-order valence-corrected chi connectivity index (χ2v) is 18.0. The van der Waals surface area contributed by atoms with E-state index in [1.54, 1.807) is 22.8 Å². The minimum atomic E-state index is -3.60. The molecule has 0 bridgehead atoms. The first-order valence-electron chi connectivity index (χ1n) is 25.0. The van der Waals surface area contributed by atoms with Crippen molar-refractivity contribution in [1.82, 2.24) is 9.13 Å². The van der Waals surface area contributed by atoms with Crippen molar-refractivity contribution in [2.75, 3.05) is 0 Å². The molecular weight excluding hydrogens is 721 g/mol. The van der Waals surface area contributed by atoms with Crippen LogP contribution in [-0.4, -0.2) is 17.2 Å². The third kappa shape index (κ3) is 4.61. The lowest BCUT2D eigenvalue weighted by Gasteiger charge is -2.34. The summed E-state index contributed by atoms with van der Waals surface area (Å²) in [7, 11) is -3.60. The van der Waals surface area contributed by atoms with E-state index in [0.717, 1.165) is 15.6 Å². The highest BCUT2D eigenvalue weighted by Gasteiger charge is 2.41. The van der Waals surface area contributed by atoms with Gasteiger partial charge in [0.15, 0.2) is 13.7 Å². The van der Waals surface area contributed by atoms with Gasteiger partial charge in [-0.15, -0.1) is 0 Å². The van der Waals surface area contributed by atoms with E-state index < -0.39 is 56.4 Å². The monoisotopic (exact) mass is 768 g/mol. The van der Waals surface area contributed by atoms with Crippen molar-refractivity contribution in [2.24, 2.45) is 0 Å². The van der Waals surface area contributed by atoms with Gasteiger partial charge in [0, 0.05) is 32.6 Å². The maximum absolute atomic E-state index is 10.2. The van der Waals surface area contributed by atoms with Crippen molar-refractivity contribution < 1.29 is 20.9 Å². The molecule has 9 aromatic carbocycles. The summed E-state index contributed by atoms with van der Waals surface area (Å²) in [4.78, 5) is 0. The van der Waals surface area contributed by atoms with Crippen molar-refractivity contribution in [3.05, 3.63) is 218 Å².